The lowest BCUT2D eigenvalue weighted by Crippen LogP contribution is -1.93. The van der Waals surface area contributed by atoms with Crippen molar-refractivity contribution in [3.05, 3.63) is 105 Å². The van der Waals surface area contributed by atoms with E-state index >= 15 is 0 Å². The Hall–Kier alpha value is -2.60. The Morgan fingerprint density at radius 3 is 2.05 bits per heavy atom. The molecule has 1 aliphatic carbocycles. The molecule has 0 radical (unpaired) electrons. The lowest BCUT2D eigenvalue weighted by molar-refractivity contribution is 1.27. The summed E-state index contributed by atoms with van der Waals surface area (Å²) in [7, 11) is 0. The van der Waals surface area contributed by atoms with Crippen LogP contribution in [0.25, 0.3) is 12.2 Å². The van der Waals surface area contributed by atoms with Crippen molar-refractivity contribution in [1.82, 2.24) is 0 Å². The molecule has 0 unspecified atom stereocenters. The first-order chi connectivity index (χ1) is 9.93. The molecular formula is C20H14. The third-order valence-electron chi connectivity index (χ3n) is 3.84. The molecule has 0 saturated carbocycles. The number of hydrogen-bond acceptors (Lipinski definition) is 0. The summed E-state index contributed by atoms with van der Waals surface area (Å²) in [5, 5.41) is 5.50. The van der Waals surface area contributed by atoms with Gasteiger partial charge in [-0.05, 0) is 32.0 Å². The van der Waals surface area contributed by atoms with Gasteiger partial charge in [-0.3, -0.25) is 0 Å². The van der Waals surface area contributed by atoms with Crippen molar-refractivity contribution in [3.8, 4) is 0 Å². The fourth-order valence-corrected chi connectivity index (χ4v) is 2.86. The minimum absolute atomic E-state index is 1.23. The van der Waals surface area contributed by atoms with Crippen molar-refractivity contribution in [1.29, 1.82) is 0 Å². The van der Waals surface area contributed by atoms with Gasteiger partial charge in [-0.2, -0.15) is 0 Å². The molecule has 0 amide bonds. The molecule has 0 atom stereocenters. The van der Waals surface area contributed by atoms with Crippen LogP contribution in [0.5, 0.6) is 0 Å². The zero-order valence-corrected chi connectivity index (χ0v) is 11.1. The highest BCUT2D eigenvalue weighted by atomic mass is 14.1. The molecule has 0 saturated heterocycles. The standard InChI is InChI=1S/C20H14/c1-2-7-15(8-3-1)13-14-16-9-6-12-19-17-10-4-5-11-18(17)20(16)19/h1-14H. The lowest BCUT2D eigenvalue weighted by Gasteiger charge is -2.07. The second kappa shape index (κ2) is 4.50. The Bertz CT molecular complexity index is 980. The van der Waals surface area contributed by atoms with E-state index in [2.05, 4.69) is 78.9 Å². The largest absolute Gasteiger partial charge is 0.0622 e. The number of benzene rings is 3. The molecule has 94 valence electrons. The first kappa shape index (κ1) is 11.2. The summed E-state index contributed by atoms with van der Waals surface area (Å²) in [4.78, 5) is 0. The Morgan fingerprint density at radius 1 is 0.500 bits per heavy atom. The van der Waals surface area contributed by atoms with Crippen LogP contribution in [0, 0.1) is 20.9 Å². The van der Waals surface area contributed by atoms with Crippen molar-refractivity contribution in [2.24, 2.45) is 0 Å². The van der Waals surface area contributed by atoms with Crippen molar-refractivity contribution < 1.29 is 0 Å². The van der Waals surface area contributed by atoms with Crippen LogP contribution in [0.4, 0.5) is 0 Å². The van der Waals surface area contributed by atoms with E-state index in [1.165, 1.54) is 32.0 Å². The van der Waals surface area contributed by atoms with Crippen LogP contribution in [-0.2, 0) is 0 Å². The van der Waals surface area contributed by atoms with Crippen LogP contribution in [-0.4, -0.2) is 0 Å². The maximum absolute atomic E-state index is 2.21. The van der Waals surface area contributed by atoms with Crippen LogP contribution >= 0.6 is 0 Å². The molecule has 0 bridgehead atoms. The second-order valence-electron chi connectivity index (χ2n) is 5.06. The fraction of sp³-hybridized carbons (Fsp3) is 0. The summed E-state index contributed by atoms with van der Waals surface area (Å²) in [5.41, 5.74) is 2.53. The third-order valence-corrected chi connectivity index (χ3v) is 3.84. The second-order valence-corrected chi connectivity index (χ2v) is 5.06. The summed E-state index contributed by atoms with van der Waals surface area (Å²) in [6, 6.07) is 25.6. The maximum Gasteiger partial charge on any atom is -0.00264 e. The highest BCUT2D eigenvalue weighted by Gasteiger charge is 2.03. The van der Waals surface area contributed by atoms with Gasteiger partial charge in [0.2, 0.25) is 0 Å². The summed E-state index contributed by atoms with van der Waals surface area (Å²) in [6.07, 6.45) is 4.39. The zero-order chi connectivity index (χ0) is 13.4. The van der Waals surface area contributed by atoms with E-state index in [9.17, 15) is 0 Å². The van der Waals surface area contributed by atoms with E-state index in [4.69, 9.17) is 0 Å². The van der Waals surface area contributed by atoms with Crippen molar-refractivity contribution in [2.75, 3.05) is 0 Å². The highest BCUT2D eigenvalue weighted by Crippen LogP contribution is 2.18. The first-order valence-corrected chi connectivity index (χ1v) is 6.89. The average Bonchev–Trinajstić information content (AvgIpc) is 2.51. The molecule has 0 N–H and O–H groups in total. The van der Waals surface area contributed by atoms with Gasteiger partial charge in [0.25, 0.3) is 0 Å². The van der Waals surface area contributed by atoms with Gasteiger partial charge in [0.05, 0.1) is 0 Å². The normalized spacial score (nSPS) is 11.8. The summed E-state index contributed by atoms with van der Waals surface area (Å²) < 4.78 is 0. The van der Waals surface area contributed by atoms with Crippen LogP contribution in [0.2, 0.25) is 0 Å². The van der Waals surface area contributed by atoms with Gasteiger partial charge >= 0.3 is 0 Å². The minimum Gasteiger partial charge on any atom is -0.0622 e. The quantitative estimate of drug-likeness (QED) is 0.453. The molecule has 0 heteroatoms. The minimum atomic E-state index is 1.23. The van der Waals surface area contributed by atoms with Crippen LogP contribution in [0.3, 0.4) is 0 Å². The van der Waals surface area contributed by atoms with Gasteiger partial charge in [0, 0.05) is 0 Å². The van der Waals surface area contributed by atoms with Crippen LogP contribution in [0.1, 0.15) is 11.1 Å². The Morgan fingerprint density at radius 2 is 1.20 bits per heavy atom. The summed E-state index contributed by atoms with van der Waals surface area (Å²) in [5.74, 6) is 0. The summed E-state index contributed by atoms with van der Waals surface area (Å²) >= 11 is 0. The van der Waals surface area contributed by atoms with Crippen molar-refractivity contribution in [2.45, 2.75) is 0 Å². The molecule has 0 fully saturated rings. The lowest BCUT2D eigenvalue weighted by atomic mass is 9.97. The SMILES string of the molecule is C(=Cc1cccc2c1=c1ccccc1=2)c1ccccc1. The topological polar surface area (TPSA) is 0 Å². The van der Waals surface area contributed by atoms with E-state index in [-0.39, 0.29) is 0 Å². The monoisotopic (exact) mass is 254 g/mol. The highest BCUT2D eigenvalue weighted by molar-refractivity contribution is 5.70. The van der Waals surface area contributed by atoms with E-state index in [1.54, 1.807) is 0 Å². The zero-order valence-electron chi connectivity index (χ0n) is 11.1. The van der Waals surface area contributed by atoms with Gasteiger partial charge < -0.3 is 0 Å². The molecule has 1 aliphatic rings. The predicted octanol–water partition coefficient (Wildman–Crippen LogP) is 4.74. The molecular weight excluding hydrogens is 240 g/mol. The molecule has 4 rings (SSSR count). The number of fused-ring (bicyclic) bond motifs is 2. The van der Waals surface area contributed by atoms with E-state index in [1.807, 2.05) is 6.07 Å². The first-order valence-electron chi connectivity index (χ1n) is 6.89. The molecule has 0 heterocycles. The smallest absolute Gasteiger partial charge is 0.00264 e. The Kier molecular flexibility index (Phi) is 2.53. The summed E-state index contributed by atoms with van der Waals surface area (Å²) in [6.45, 7) is 0. The van der Waals surface area contributed by atoms with Crippen molar-refractivity contribution >= 4 is 12.2 Å². The van der Waals surface area contributed by atoms with Gasteiger partial charge in [0.15, 0.2) is 0 Å². The predicted molar refractivity (Wildman–Crippen MR) is 83.6 cm³/mol. The molecule has 0 aromatic heterocycles. The molecule has 0 nitrogen and oxygen atoms in total. The number of rotatable bonds is 2. The maximum atomic E-state index is 2.21. The third kappa shape index (κ3) is 1.70. The van der Waals surface area contributed by atoms with Gasteiger partial charge in [-0.15, -0.1) is 0 Å². The van der Waals surface area contributed by atoms with Crippen LogP contribution < -0.4 is 0 Å². The molecule has 0 aliphatic heterocycles. The van der Waals surface area contributed by atoms with E-state index < -0.39 is 0 Å². The van der Waals surface area contributed by atoms with Crippen molar-refractivity contribution in [3.63, 3.8) is 0 Å². The molecule has 3 aromatic rings. The van der Waals surface area contributed by atoms with Crippen LogP contribution in [0.15, 0.2) is 72.8 Å². The number of hydrogen-bond donors (Lipinski definition) is 0. The van der Waals surface area contributed by atoms with Gasteiger partial charge in [0.1, 0.15) is 0 Å². The van der Waals surface area contributed by atoms with Gasteiger partial charge in [-0.25, -0.2) is 0 Å². The molecule has 3 aromatic carbocycles. The fourth-order valence-electron chi connectivity index (χ4n) is 2.86. The van der Waals surface area contributed by atoms with E-state index in [0.29, 0.717) is 0 Å². The molecule has 20 heavy (non-hydrogen) atoms. The Balaban J connectivity index is 1.89. The van der Waals surface area contributed by atoms with Gasteiger partial charge in [-0.1, -0.05) is 84.9 Å². The van der Waals surface area contributed by atoms with E-state index in [0.717, 1.165) is 0 Å². The Labute approximate surface area is 117 Å². The average molecular weight is 254 g/mol. The molecule has 0 spiro atoms.